The SMILES string of the molecule is COc1cc2nccc(Oc3ccc(NC(=O)Nc4ccc(F)cc4)c(C)c3)c2cc1C. The number of halogens is 1. The van der Waals surface area contributed by atoms with E-state index in [2.05, 4.69) is 15.6 Å². The summed E-state index contributed by atoms with van der Waals surface area (Å²) in [7, 11) is 1.63. The summed E-state index contributed by atoms with van der Waals surface area (Å²) in [6.07, 6.45) is 1.69. The van der Waals surface area contributed by atoms with Crippen molar-refractivity contribution in [2.45, 2.75) is 13.8 Å². The molecular weight excluding hydrogens is 409 g/mol. The number of aromatic nitrogens is 1. The van der Waals surface area contributed by atoms with E-state index in [1.165, 1.54) is 24.3 Å². The number of nitrogens with zero attached hydrogens (tertiary/aromatic N) is 1. The maximum absolute atomic E-state index is 13.0. The van der Waals surface area contributed by atoms with Crippen molar-refractivity contribution in [3.8, 4) is 17.2 Å². The Balaban J connectivity index is 1.50. The highest BCUT2D eigenvalue weighted by Crippen LogP contribution is 2.33. The smallest absolute Gasteiger partial charge is 0.323 e. The average molecular weight is 431 g/mol. The number of anilines is 2. The Morgan fingerprint density at radius 3 is 2.41 bits per heavy atom. The van der Waals surface area contributed by atoms with E-state index in [1.54, 1.807) is 25.4 Å². The third-order valence-electron chi connectivity index (χ3n) is 4.99. The van der Waals surface area contributed by atoms with E-state index in [1.807, 2.05) is 38.1 Å². The van der Waals surface area contributed by atoms with Crippen molar-refractivity contribution < 1.29 is 18.7 Å². The van der Waals surface area contributed by atoms with Gasteiger partial charge >= 0.3 is 6.03 Å². The van der Waals surface area contributed by atoms with Crippen molar-refractivity contribution in [1.29, 1.82) is 0 Å². The van der Waals surface area contributed by atoms with Gasteiger partial charge < -0.3 is 20.1 Å². The molecule has 0 radical (unpaired) electrons. The van der Waals surface area contributed by atoms with Crippen molar-refractivity contribution in [3.05, 3.63) is 83.8 Å². The molecule has 0 bridgehead atoms. The van der Waals surface area contributed by atoms with Crippen LogP contribution in [0.4, 0.5) is 20.6 Å². The maximum atomic E-state index is 13.0. The lowest BCUT2D eigenvalue weighted by atomic mass is 10.1. The molecule has 6 nitrogen and oxygen atoms in total. The number of fused-ring (bicyclic) bond motifs is 1. The molecule has 0 aliphatic rings. The lowest BCUT2D eigenvalue weighted by molar-refractivity contribution is 0.262. The molecule has 0 aliphatic carbocycles. The van der Waals surface area contributed by atoms with Crippen LogP contribution in [-0.2, 0) is 0 Å². The molecule has 162 valence electrons. The number of hydrogen-bond donors (Lipinski definition) is 2. The van der Waals surface area contributed by atoms with Crippen molar-refractivity contribution >= 4 is 28.3 Å². The molecule has 0 fully saturated rings. The molecule has 3 aromatic carbocycles. The van der Waals surface area contributed by atoms with E-state index in [4.69, 9.17) is 9.47 Å². The highest BCUT2D eigenvalue weighted by Gasteiger charge is 2.11. The van der Waals surface area contributed by atoms with E-state index in [0.717, 1.165) is 27.8 Å². The van der Waals surface area contributed by atoms with Crippen molar-refractivity contribution in [1.82, 2.24) is 4.98 Å². The average Bonchev–Trinajstić information content (AvgIpc) is 2.77. The minimum absolute atomic E-state index is 0.362. The second-order valence-corrected chi connectivity index (χ2v) is 7.31. The second kappa shape index (κ2) is 8.93. The molecule has 7 heteroatoms. The van der Waals surface area contributed by atoms with Gasteiger partial charge in [0.1, 0.15) is 23.1 Å². The van der Waals surface area contributed by atoms with E-state index in [9.17, 15) is 9.18 Å². The standard InChI is InChI=1S/C25H22FN3O3/c1-15-12-19(8-9-21(15)29-25(30)28-18-6-4-17(26)5-7-18)32-23-10-11-27-22-14-24(31-3)16(2)13-20(22)23/h4-14H,1-3H3,(H2,28,29,30). The fraction of sp³-hybridized carbons (Fsp3) is 0.120. The van der Waals surface area contributed by atoms with Gasteiger partial charge in [-0.2, -0.15) is 0 Å². The summed E-state index contributed by atoms with van der Waals surface area (Å²) in [5.74, 6) is 1.72. The summed E-state index contributed by atoms with van der Waals surface area (Å²) in [5.41, 5.74) is 3.72. The van der Waals surface area contributed by atoms with Crippen LogP contribution in [-0.4, -0.2) is 18.1 Å². The van der Waals surface area contributed by atoms with Crippen LogP contribution in [0.2, 0.25) is 0 Å². The zero-order valence-electron chi connectivity index (χ0n) is 17.9. The Morgan fingerprint density at radius 2 is 1.69 bits per heavy atom. The molecule has 0 spiro atoms. The fourth-order valence-electron chi connectivity index (χ4n) is 3.35. The molecular formula is C25H22FN3O3. The van der Waals surface area contributed by atoms with Gasteiger partial charge in [-0.25, -0.2) is 9.18 Å². The highest BCUT2D eigenvalue weighted by atomic mass is 19.1. The van der Waals surface area contributed by atoms with Gasteiger partial charge in [0, 0.05) is 29.0 Å². The number of nitrogens with one attached hydrogen (secondary N) is 2. The van der Waals surface area contributed by atoms with Crippen LogP contribution in [0.5, 0.6) is 17.2 Å². The van der Waals surface area contributed by atoms with Gasteiger partial charge in [0.15, 0.2) is 0 Å². The van der Waals surface area contributed by atoms with Crippen LogP contribution in [0.1, 0.15) is 11.1 Å². The van der Waals surface area contributed by atoms with E-state index < -0.39 is 6.03 Å². The van der Waals surface area contributed by atoms with Gasteiger partial charge in [-0.05, 0) is 79.6 Å². The summed E-state index contributed by atoms with van der Waals surface area (Å²) in [5, 5.41) is 6.34. The topological polar surface area (TPSA) is 72.5 Å². The summed E-state index contributed by atoms with van der Waals surface area (Å²) in [6.45, 7) is 3.84. The lowest BCUT2D eigenvalue weighted by Gasteiger charge is -2.14. The first-order chi connectivity index (χ1) is 15.4. The van der Waals surface area contributed by atoms with Crippen LogP contribution in [0, 0.1) is 19.7 Å². The number of aryl methyl sites for hydroxylation is 2. The fourth-order valence-corrected chi connectivity index (χ4v) is 3.35. The highest BCUT2D eigenvalue weighted by molar-refractivity contribution is 6.00. The molecule has 0 aliphatic heterocycles. The number of ether oxygens (including phenoxy) is 2. The van der Waals surface area contributed by atoms with Crippen molar-refractivity contribution in [2.24, 2.45) is 0 Å². The Morgan fingerprint density at radius 1 is 0.906 bits per heavy atom. The summed E-state index contributed by atoms with van der Waals surface area (Å²) >= 11 is 0. The van der Waals surface area contributed by atoms with Crippen LogP contribution in [0.3, 0.4) is 0 Å². The molecule has 2 amide bonds. The molecule has 4 aromatic rings. The van der Waals surface area contributed by atoms with Gasteiger partial charge in [-0.3, -0.25) is 4.98 Å². The number of hydrogen-bond acceptors (Lipinski definition) is 4. The minimum atomic E-state index is -0.419. The number of urea groups is 1. The van der Waals surface area contributed by atoms with Crippen LogP contribution >= 0.6 is 0 Å². The van der Waals surface area contributed by atoms with Crippen molar-refractivity contribution in [2.75, 3.05) is 17.7 Å². The first-order valence-corrected chi connectivity index (χ1v) is 9.98. The number of carbonyl (C=O) groups excluding carboxylic acids is 1. The number of methoxy groups -OCH3 is 1. The van der Waals surface area contributed by atoms with Crippen LogP contribution in [0.25, 0.3) is 10.9 Å². The van der Waals surface area contributed by atoms with Crippen molar-refractivity contribution in [3.63, 3.8) is 0 Å². The zero-order chi connectivity index (χ0) is 22.7. The lowest BCUT2D eigenvalue weighted by Crippen LogP contribution is -2.19. The van der Waals surface area contributed by atoms with Crippen LogP contribution < -0.4 is 20.1 Å². The molecule has 32 heavy (non-hydrogen) atoms. The van der Waals surface area contributed by atoms with Gasteiger partial charge in [-0.15, -0.1) is 0 Å². The quantitative estimate of drug-likeness (QED) is 0.382. The molecule has 1 heterocycles. The first-order valence-electron chi connectivity index (χ1n) is 9.98. The van der Waals surface area contributed by atoms with E-state index >= 15 is 0 Å². The third-order valence-corrected chi connectivity index (χ3v) is 4.99. The number of carbonyl (C=O) groups is 1. The van der Waals surface area contributed by atoms with Gasteiger partial charge in [0.2, 0.25) is 0 Å². The molecule has 0 atom stereocenters. The first kappa shape index (κ1) is 21.1. The summed E-state index contributed by atoms with van der Waals surface area (Å²) < 4.78 is 24.5. The number of pyridine rings is 1. The second-order valence-electron chi connectivity index (χ2n) is 7.31. The molecule has 0 unspecified atom stereocenters. The van der Waals surface area contributed by atoms with Gasteiger partial charge in [0.25, 0.3) is 0 Å². The number of benzene rings is 3. The zero-order valence-corrected chi connectivity index (χ0v) is 17.9. The normalized spacial score (nSPS) is 10.6. The third kappa shape index (κ3) is 4.62. The van der Waals surface area contributed by atoms with Gasteiger partial charge in [0.05, 0.1) is 12.6 Å². The Kier molecular flexibility index (Phi) is 5.89. The summed E-state index contributed by atoms with van der Waals surface area (Å²) in [6, 6.07) is 16.2. The molecule has 0 saturated heterocycles. The van der Waals surface area contributed by atoms with Gasteiger partial charge in [-0.1, -0.05) is 0 Å². The predicted molar refractivity (Wildman–Crippen MR) is 123 cm³/mol. The van der Waals surface area contributed by atoms with E-state index in [-0.39, 0.29) is 5.82 Å². The Labute approximate surface area is 185 Å². The monoisotopic (exact) mass is 431 g/mol. The maximum Gasteiger partial charge on any atom is 0.323 e. The summed E-state index contributed by atoms with van der Waals surface area (Å²) in [4.78, 5) is 16.7. The largest absolute Gasteiger partial charge is 0.496 e. The van der Waals surface area contributed by atoms with Crippen LogP contribution in [0.15, 0.2) is 66.9 Å². The number of amides is 2. The number of rotatable bonds is 5. The Hall–Kier alpha value is -4.13. The van der Waals surface area contributed by atoms with E-state index in [0.29, 0.717) is 22.9 Å². The Bertz CT molecular complexity index is 1290. The molecule has 1 aromatic heterocycles. The molecule has 2 N–H and O–H groups in total. The minimum Gasteiger partial charge on any atom is -0.496 e. The molecule has 0 saturated carbocycles. The predicted octanol–water partition coefficient (Wildman–Crippen LogP) is 6.44. The molecule has 4 rings (SSSR count).